The number of thiocarbonyl (C=S) groups is 1. The molecule has 0 amide bonds. The predicted octanol–water partition coefficient (Wildman–Crippen LogP) is 2.60. The van der Waals surface area contributed by atoms with E-state index in [1.807, 2.05) is 0 Å². The van der Waals surface area contributed by atoms with Crippen LogP contribution in [-0.2, 0) is 9.53 Å². The molecule has 0 aliphatic carbocycles. The van der Waals surface area contributed by atoms with Gasteiger partial charge < -0.3 is 20.5 Å². The summed E-state index contributed by atoms with van der Waals surface area (Å²) < 4.78 is 18.0. The van der Waals surface area contributed by atoms with E-state index in [9.17, 15) is 14.0 Å². The molecular weight excluding hydrogens is 387 g/mol. The number of esters is 1. The highest BCUT2D eigenvalue weighted by molar-refractivity contribution is 7.80. The van der Waals surface area contributed by atoms with Crippen molar-refractivity contribution in [3.05, 3.63) is 53.1 Å². The average Bonchev–Trinajstić information content (AvgIpc) is 2.61. The number of carbonyl (C=O) groups excluding carboxylic acids is 1. The Morgan fingerprint density at radius 2 is 2.00 bits per heavy atom. The van der Waals surface area contributed by atoms with Gasteiger partial charge in [0.05, 0.1) is 30.3 Å². The van der Waals surface area contributed by atoms with Gasteiger partial charge in [-0.15, -0.1) is 0 Å². The average molecular weight is 406 g/mol. The molecule has 148 valence electrons. The standard InChI is InChI=1S/C18H19FN4O4S/c1-3-27-16(26)13-9-20-17(21-10(13)2)23-18(28)22-14(8-15(24)25)11-4-6-12(19)7-5-11/h4-7,9,14H,3,8H2,1-2H3,(H,24,25)(H2,20,21,22,23,28)/t14-/m1/s1. The van der Waals surface area contributed by atoms with Crippen LogP contribution >= 0.6 is 12.2 Å². The minimum atomic E-state index is -1.05. The third-order valence-corrected chi connectivity index (χ3v) is 3.88. The number of aliphatic carboxylic acids is 1. The van der Waals surface area contributed by atoms with Gasteiger partial charge in [-0.2, -0.15) is 0 Å². The van der Waals surface area contributed by atoms with E-state index in [0.717, 1.165) is 0 Å². The van der Waals surface area contributed by atoms with Crippen LogP contribution in [0.3, 0.4) is 0 Å². The second-order valence-electron chi connectivity index (χ2n) is 5.71. The Kier molecular flexibility index (Phi) is 7.33. The number of carbonyl (C=O) groups is 2. The maximum atomic E-state index is 13.1. The first kappa shape index (κ1) is 21.2. The van der Waals surface area contributed by atoms with Gasteiger partial charge in [-0.3, -0.25) is 4.79 Å². The fourth-order valence-electron chi connectivity index (χ4n) is 2.35. The normalized spacial score (nSPS) is 11.4. The zero-order valence-electron chi connectivity index (χ0n) is 15.2. The lowest BCUT2D eigenvalue weighted by Crippen LogP contribution is -2.34. The Balaban J connectivity index is 2.09. The molecule has 0 bridgehead atoms. The molecule has 1 aromatic carbocycles. The van der Waals surface area contributed by atoms with Crippen LogP contribution in [0.5, 0.6) is 0 Å². The van der Waals surface area contributed by atoms with Gasteiger partial charge >= 0.3 is 11.9 Å². The van der Waals surface area contributed by atoms with E-state index in [4.69, 9.17) is 22.1 Å². The highest BCUT2D eigenvalue weighted by Gasteiger charge is 2.18. The van der Waals surface area contributed by atoms with E-state index >= 15 is 0 Å². The monoisotopic (exact) mass is 406 g/mol. The van der Waals surface area contributed by atoms with E-state index in [2.05, 4.69) is 20.6 Å². The first-order valence-corrected chi connectivity index (χ1v) is 8.76. The topological polar surface area (TPSA) is 113 Å². The highest BCUT2D eigenvalue weighted by atomic mass is 32.1. The van der Waals surface area contributed by atoms with Gasteiger partial charge in [0, 0.05) is 6.20 Å². The number of hydrogen-bond donors (Lipinski definition) is 3. The minimum Gasteiger partial charge on any atom is -0.481 e. The van der Waals surface area contributed by atoms with E-state index in [1.54, 1.807) is 13.8 Å². The van der Waals surface area contributed by atoms with Crippen molar-refractivity contribution in [1.29, 1.82) is 0 Å². The van der Waals surface area contributed by atoms with Crippen LogP contribution in [-0.4, -0.2) is 38.7 Å². The van der Waals surface area contributed by atoms with Crippen molar-refractivity contribution < 1.29 is 23.8 Å². The minimum absolute atomic E-state index is 0.0823. The lowest BCUT2D eigenvalue weighted by molar-refractivity contribution is -0.137. The summed E-state index contributed by atoms with van der Waals surface area (Å²) >= 11 is 5.20. The van der Waals surface area contributed by atoms with Crippen LogP contribution in [0.4, 0.5) is 10.3 Å². The molecule has 1 aromatic heterocycles. The van der Waals surface area contributed by atoms with E-state index < -0.39 is 23.8 Å². The fourth-order valence-corrected chi connectivity index (χ4v) is 2.59. The van der Waals surface area contributed by atoms with Crippen molar-refractivity contribution in [2.45, 2.75) is 26.3 Å². The van der Waals surface area contributed by atoms with Crippen LogP contribution in [0.1, 0.15) is 41.0 Å². The number of aromatic nitrogens is 2. The molecule has 2 rings (SSSR count). The van der Waals surface area contributed by atoms with Crippen molar-refractivity contribution in [3.8, 4) is 0 Å². The van der Waals surface area contributed by atoms with Crippen LogP contribution in [0.2, 0.25) is 0 Å². The predicted molar refractivity (Wildman–Crippen MR) is 103 cm³/mol. The number of carboxylic acids is 1. The summed E-state index contributed by atoms with van der Waals surface area (Å²) in [7, 11) is 0. The van der Waals surface area contributed by atoms with Gasteiger partial charge in [0.25, 0.3) is 0 Å². The first-order valence-electron chi connectivity index (χ1n) is 8.35. The number of aryl methyl sites for hydroxylation is 1. The number of ether oxygens (including phenoxy) is 1. The van der Waals surface area contributed by atoms with Gasteiger partial charge in [0.1, 0.15) is 5.82 Å². The van der Waals surface area contributed by atoms with Crippen molar-refractivity contribution in [1.82, 2.24) is 15.3 Å². The Morgan fingerprint density at radius 1 is 1.32 bits per heavy atom. The largest absolute Gasteiger partial charge is 0.481 e. The van der Waals surface area contributed by atoms with Crippen molar-refractivity contribution in [3.63, 3.8) is 0 Å². The van der Waals surface area contributed by atoms with Crippen molar-refractivity contribution in [2.24, 2.45) is 0 Å². The van der Waals surface area contributed by atoms with Crippen LogP contribution in [0, 0.1) is 12.7 Å². The molecule has 0 saturated carbocycles. The third kappa shape index (κ3) is 5.95. The molecule has 8 nitrogen and oxygen atoms in total. The number of halogens is 1. The summed E-state index contributed by atoms with van der Waals surface area (Å²) in [6.07, 6.45) is 1.05. The SMILES string of the molecule is CCOC(=O)c1cnc(NC(=S)N[C@H](CC(=O)O)c2ccc(F)cc2)nc1C. The van der Waals surface area contributed by atoms with Crippen molar-refractivity contribution in [2.75, 3.05) is 11.9 Å². The smallest absolute Gasteiger partial charge is 0.341 e. The zero-order chi connectivity index (χ0) is 20.7. The molecular formula is C18H19FN4O4S. The molecule has 1 heterocycles. The highest BCUT2D eigenvalue weighted by Crippen LogP contribution is 2.18. The molecule has 10 heteroatoms. The summed E-state index contributed by atoms with van der Waals surface area (Å²) in [4.78, 5) is 31.1. The second kappa shape index (κ2) is 9.70. The quantitative estimate of drug-likeness (QED) is 0.471. The Hall–Kier alpha value is -3.14. The molecule has 0 unspecified atom stereocenters. The number of benzene rings is 1. The molecule has 0 aliphatic heterocycles. The maximum Gasteiger partial charge on any atom is 0.341 e. The Bertz CT molecular complexity index is 876. The first-order chi connectivity index (χ1) is 13.3. The lowest BCUT2D eigenvalue weighted by Gasteiger charge is -2.19. The number of nitrogens with one attached hydrogen (secondary N) is 2. The summed E-state index contributed by atoms with van der Waals surface area (Å²) in [6.45, 7) is 3.56. The molecule has 0 fully saturated rings. The van der Waals surface area contributed by atoms with Gasteiger partial charge in [-0.25, -0.2) is 19.2 Å². The number of nitrogens with zero attached hydrogens (tertiary/aromatic N) is 2. The molecule has 0 radical (unpaired) electrons. The number of anilines is 1. The van der Waals surface area contributed by atoms with Gasteiger partial charge in [-0.05, 0) is 43.8 Å². The molecule has 0 saturated heterocycles. The van der Waals surface area contributed by atoms with E-state index in [0.29, 0.717) is 11.3 Å². The van der Waals surface area contributed by atoms with Crippen LogP contribution in [0.15, 0.2) is 30.5 Å². The molecule has 1 atom stereocenters. The summed E-state index contributed by atoms with van der Waals surface area (Å²) in [6, 6.07) is 4.75. The van der Waals surface area contributed by atoms with Crippen LogP contribution < -0.4 is 10.6 Å². The maximum absolute atomic E-state index is 13.1. The summed E-state index contributed by atoms with van der Waals surface area (Å²) in [5.74, 6) is -1.86. The molecule has 28 heavy (non-hydrogen) atoms. The number of hydrogen-bond acceptors (Lipinski definition) is 6. The van der Waals surface area contributed by atoms with Gasteiger partial charge in [0.15, 0.2) is 5.11 Å². The third-order valence-electron chi connectivity index (χ3n) is 3.66. The zero-order valence-corrected chi connectivity index (χ0v) is 16.0. The number of carboxylic acid groups (broad SMARTS) is 1. The lowest BCUT2D eigenvalue weighted by atomic mass is 10.0. The van der Waals surface area contributed by atoms with Crippen molar-refractivity contribution >= 4 is 35.2 Å². The molecule has 0 spiro atoms. The Labute approximate surface area is 166 Å². The van der Waals surface area contributed by atoms with E-state index in [-0.39, 0.29) is 29.7 Å². The second-order valence-corrected chi connectivity index (χ2v) is 6.12. The fraction of sp³-hybridized carbons (Fsp3) is 0.278. The van der Waals surface area contributed by atoms with Crippen LogP contribution in [0.25, 0.3) is 0 Å². The Morgan fingerprint density at radius 3 is 2.57 bits per heavy atom. The molecule has 0 aliphatic rings. The van der Waals surface area contributed by atoms with E-state index in [1.165, 1.54) is 30.5 Å². The number of rotatable bonds is 7. The van der Waals surface area contributed by atoms with Gasteiger partial charge in [0.2, 0.25) is 5.95 Å². The van der Waals surface area contributed by atoms with Gasteiger partial charge in [-0.1, -0.05) is 12.1 Å². The summed E-state index contributed by atoms with van der Waals surface area (Å²) in [5, 5.41) is 14.8. The molecule has 2 aromatic rings. The molecule has 3 N–H and O–H groups in total. The summed E-state index contributed by atoms with van der Waals surface area (Å²) in [5.41, 5.74) is 1.20.